The summed E-state index contributed by atoms with van der Waals surface area (Å²) in [4.78, 5) is 25.1. The number of halogens is 4. The van der Waals surface area contributed by atoms with Crippen molar-refractivity contribution in [3.8, 4) is 17.1 Å². The number of carbonyl (C=O) groups excluding carboxylic acids is 1. The molecule has 11 heteroatoms. The Morgan fingerprint density at radius 3 is 2.86 bits per heavy atom. The van der Waals surface area contributed by atoms with Crippen LogP contribution in [0, 0.1) is 6.92 Å². The number of hydrogen-bond donors (Lipinski definition) is 3. The van der Waals surface area contributed by atoms with Gasteiger partial charge in [-0.2, -0.15) is 13.2 Å². The molecule has 4 heterocycles. The Hall–Kier alpha value is -3.79. The molecule has 3 aromatic heterocycles. The number of H-pyrrole nitrogens is 1. The van der Waals surface area contributed by atoms with Crippen molar-refractivity contribution < 1.29 is 22.7 Å². The third kappa shape index (κ3) is 3.91. The molecule has 1 amide bonds. The number of nitrogens with one attached hydrogen (secondary N) is 3. The van der Waals surface area contributed by atoms with Crippen LogP contribution in [0.4, 0.5) is 24.5 Å². The highest BCUT2D eigenvalue weighted by molar-refractivity contribution is 6.31. The second-order valence-corrected chi connectivity index (χ2v) is 9.31. The Morgan fingerprint density at radius 2 is 2.06 bits per heavy atom. The first-order chi connectivity index (χ1) is 17.2. The Labute approximate surface area is 208 Å². The van der Waals surface area contributed by atoms with Gasteiger partial charge in [-0.05, 0) is 43.2 Å². The third-order valence-corrected chi connectivity index (χ3v) is 6.88. The predicted molar refractivity (Wildman–Crippen MR) is 129 cm³/mol. The minimum Gasteiger partial charge on any atom is -0.468 e. The SMILES string of the molecule is Cc1c(Cl)cccc1Nc1c(-c2ccnc3ccc(OCC(F)(F)F)nc23)[nH]c2c1C(=O)N[C@H]1C[C@@H]21. The first-order valence-corrected chi connectivity index (χ1v) is 11.6. The van der Waals surface area contributed by atoms with Gasteiger partial charge in [-0.1, -0.05) is 17.7 Å². The highest BCUT2D eigenvalue weighted by Crippen LogP contribution is 2.50. The summed E-state index contributed by atoms with van der Waals surface area (Å²) in [5.74, 6) is -0.210. The molecule has 0 unspecified atom stereocenters. The zero-order chi connectivity index (χ0) is 25.2. The Kier molecular flexibility index (Phi) is 5.11. The third-order valence-electron chi connectivity index (χ3n) is 6.47. The van der Waals surface area contributed by atoms with Crippen molar-refractivity contribution in [3.63, 3.8) is 0 Å². The number of rotatable bonds is 5. The van der Waals surface area contributed by atoms with E-state index in [0.717, 1.165) is 23.4 Å². The van der Waals surface area contributed by atoms with Gasteiger partial charge in [-0.3, -0.25) is 9.78 Å². The number of alkyl halides is 3. The van der Waals surface area contributed by atoms with Crippen LogP contribution in [0.15, 0.2) is 42.6 Å². The summed E-state index contributed by atoms with van der Waals surface area (Å²) in [5, 5.41) is 6.97. The molecule has 1 aliphatic heterocycles. The van der Waals surface area contributed by atoms with Crippen LogP contribution in [0.3, 0.4) is 0 Å². The fourth-order valence-corrected chi connectivity index (χ4v) is 4.77. The van der Waals surface area contributed by atoms with Gasteiger partial charge in [0.1, 0.15) is 5.52 Å². The smallest absolute Gasteiger partial charge is 0.422 e. The standard InChI is InChI=1S/C25H19ClF3N5O2/c1-11-14(26)3-2-4-15(11)31-23-19-21(13-9-17(13)32-24(19)35)34-22(23)12-7-8-30-16-5-6-18(33-20(12)16)36-10-25(27,28)29/h2-8,13,17,31,34H,9-10H2,1H3,(H,32,35)/t13-,17+/m1/s1. The van der Waals surface area contributed by atoms with E-state index in [9.17, 15) is 18.0 Å². The van der Waals surface area contributed by atoms with Gasteiger partial charge in [0, 0.05) is 46.2 Å². The molecule has 2 aliphatic rings. The van der Waals surface area contributed by atoms with Gasteiger partial charge >= 0.3 is 6.18 Å². The minimum atomic E-state index is -4.49. The number of aromatic nitrogens is 3. The molecule has 3 N–H and O–H groups in total. The lowest BCUT2D eigenvalue weighted by Crippen LogP contribution is -2.31. The van der Waals surface area contributed by atoms with Crippen LogP contribution < -0.4 is 15.4 Å². The number of hydrogen-bond acceptors (Lipinski definition) is 5. The number of benzene rings is 1. The molecule has 2 atom stereocenters. The van der Waals surface area contributed by atoms with Crippen molar-refractivity contribution in [2.24, 2.45) is 0 Å². The maximum Gasteiger partial charge on any atom is 0.422 e. The summed E-state index contributed by atoms with van der Waals surface area (Å²) in [6, 6.07) is 10.1. The Bertz CT molecular complexity index is 1530. The van der Waals surface area contributed by atoms with Crippen LogP contribution in [0.25, 0.3) is 22.3 Å². The average molecular weight is 514 g/mol. The molecule has 1 aliphatic carbocycles. The van der Waals surface area contributed by atoms with Crippen molar-refractivity contribution in [3.05, 3.63) is 64.4 Å². The number of pyridine rings is 2. The molecule has 0 bridgehead atoms. The van der Waals surface area contributed by atoms with Crippen molar-refractivity contribution in [2.75, 3.05) is 11.9 Å². The number of fused-ring (bicyclic) bond motifs is 4. The second kappa shape index (κ2) is 8.12. The van der Waals surface area contributed by atoms with Crippen LogP contribution in [0.2, 0.25) is 5.02 Å². The lowest BCUT2D eigenvalue weighted by Gasteiger charge is -2.16. The van der Waals surface area contributed by atoms with E-state index in [1.165, 1.54) is 6.07 Å². The first kappa shape index (κ1) is 22.7. The summed E-state index contributed by atoms with van der Waals surface area (Å²) in [5.41, 5.74) is 5.33. The van der Waals surface area contributed by atoms with Crippen LogP contribution in [-0.4, -0.2) is 39.7 Å². The lowest BCUT2D eigenvalue weighted by molar-refractivity contribution is -0.154. The molecule has 1 aromatic carbocycles. The van der Waals surface area contributed by atoms with Crippen molar-refractivity contribution in [1.29, 1.82) is 0 Å². The summed E-state index contributed by atoms with van der Waals surface area (Å²) in [6.07, 6.45) is -2.07. The zero-order valence-electron chi connectivity index (χ0n) is 18.8. The van der Waals surface area contributed by atoms with Gasteiger partial charge in [0.15, 0.2) is 6.61 Å². The van der Waals surface area contributed by atoms with E-state index in [2.05, 4.69) is 25.6 Å². The van der Waals surface area contributed by atoms with Crippen LogP contribution in [-0.2, 0) is 0 Å². The average Bonchev–Trinajstić information content (AvgIpc) is 3.51. The highest BCUT2D eigenvalue weighted by Gasteiger charge is 2.48. The zero-order valence-corrected chi connectivity index (χ0v) is 19.6. The number of ether oxygens (including phenoxy) is 1. The predicted octanol–water partition coefficient (Wildman–Crippen LogP) is 5.87. The molecule has 184 valence electrons. The van der Waals surface area contributed by atoms with Gasteiger partial charge < -0.3 is 20.4 Å². The maximum atomic E-state index is 13.1. The number of anilines is 2. The minimum absolute atomic E-state index is 0.0898. The van der Waals surface area contributed by atoms with Crippen molar-refractivity contribution in [1.82, 2.24) is 20.3 Å². The van der Waals surface area contributed by atoms with E-state index < -0.39 is 12.8 Å². The molecule has 0 radical (unpaired) electrons. The maximum absolute atomic E-state index is 13.1. The molecule has 1 saturated carbocycles. The molecule has 0 spiro atoms. The van der Waals surface area contributed by atoms with E-state index in [1.807, 2.05) is 13.0 Å². The number of carbonyl (C=O) groups is 1. The van der Waals surface area contributed by atoms with E-state index in [-0.39, 0.29) is 23.7 Å². The van der Waals surface area contributed by atoms with E-state index >= 15 is 0 Å². The summed E-state index contributed by atoms with van der Waals surface area (Å²) >= 11 is 6.33. The molecular weight excluding hydrogens is 495 g/mol. The largest absolute Gasteiger partial charge is 0.468 e. The Morgan fingerprint density at radius 1 is 1.22 bits per heavy atom. The van der Waals surface area contributed by atoms with Gasteiger partial charge in [-0.25, -0.2) is 4.98 Å². The van der Waals surface area contributed by atoms with Gasteiger partial charge in [0.2, 0.25) is 5.88 Å². The fraction of sp³-hybridized carbons (Fsp3) is 0.240. The quantitative estimate of drug-likeness (QED) is 0.310. The summed E-state index contributed by atoms with van der Waals surface area (Å²) in [6.45, 7) is 0.413. The highest BCUT2D eigenvalue weighted by atomic mass is 35.5. The summed E-state index contributed by atoms with van der Waals surface area (Å²) in [7, 11) is 0. The van der Waals surface area contributed by atoms with Crippen molar-refractivity contribution in [2.45, 2.75) is 31.5 Å². The molecule has 36 heavy (non-hydrogen) atoms. The van der Waals surface area contributed by atoms with Crippen LogP contribution in [0.1, 0.15) is 34.0 Å². The fourth-order valence-electron chi connectivity index (χ4n) is 4.60. The van der Waals surface area contributed by atoms with Crippen LogP contribution in [0.5, 0.6) is 5.88 Å². The number of amides is 1. The molecular formula is C25H19ClF3N5O2. The topological polar surface area (TPSA) is 91.9 Å². The summed E-state index contributed by atoms with van der Waals surface area (Å²) < 4.78 is 43.0. The van der Waals surface area contributed by atoms with E-state index in [1.54, 1.807) is 30.5 Å². The van der Waals surface area contributed by atoms with E-state index in [0.29, 0.717) is 38.6 Å². The molecule has 0 saturated heterocycles. The van der Waals surface area contributed by atoms with Gasteiger partial charge in [0.05, 0.1) is 22.5 Å². The molecule has 4 aromatic rings. The number of nitrogens with zero attached hydrogens (tertiary/aromatic N) is 2. The molecule has 1 fully saturated rings. The second-order valence-electron chi connectivity index (χ2n) is 8.90. The lowest BCUT2D eigenvalue weighted by atomic mass is 10.0. The monoisotopic (exact) mass is 513 g/mol. The first-order valence-electron chi connectivity index (χ1n) is 11.2. The Balaban J connectivity index is 1.52. The van der Waals surface area contributed by atoms with Crippen molar-refractivity contribution >= 4 is 39.9 Å². The normalized spacial score (nSPS) is 18.4. The molecule has 7 nitrogen and oxygen atoms in total. The van der Waals surface area contributed by atoms with Gasteiger partial charge in [0.25, 0.3) is 5.91 Å². The number of aromatic amines is 1. The van der Waals surface area contributed by atoms with Crippen LogP contribution >= 0.6 is 11.6 Å². The molecule has 6 rings (SSSR count). The van der Waals surface area contributed by atoms with E-state index in [4.69, 9.17) is 16.3 Å². The van der Waals surface area contributed by atoms with Gasteiger partial charge in [-0.15, -0.1) is 0 Å².